The van der Waals surface area contributed by atoms with Gasteiger partial charge in [-0.15, -0.1) is 0 Å². The Hall–Kier alpha value is -2.12. The highest BCUT2D eigenvalue weighted by atomic mass is 32.2. The van der Waals surface area contributed by atoms with Crippen LogP contribution in [0.5, 0.6) is 5.75 Å². The first-order valence-electron chi connectivity index (χ1n) is 10.8. The molecule has 3 heterocycles. The Balaban J connectivity index is 1.19. The van der Waals surface area contributed by atoms with Crippen molar-refractivity contribution >= 4 is 15.8 Å². The van der Waals surface area contributed by atoms with Gasteiger partial charge < -0.3 is 9.64 Å². The summed E-state index contributed by atoms with van der Waals surface area (Å²) in [5, 5.41) is 0. The fraction of sp³-hybridized carbons (Fsp3) is 0.522. The molecule has 6 nitrogen and oxygen atoms in total. The van der Waals surface area contributed by atoms with Crippen molar-refractivity contribution in [2.75, 3.05) is 37.4 Å². The van der Waals surface area contributed by atoms with E-state index in [0.717, 1.165) is 55.6 Å². The molecule has 1 fully saturated rings. The summed E-state index contributed by atoms with van der Waals surface area (Å²) in [6.07, 6.45) is 8.57. The third-order valence-electron chi connectivity index (χ3n) is 6.24. The molecule has 2 aliphatic heterocycles. The minimum Gasteiger partial charge on any atom is -0.494 e. The van der Waals surface area contributed by atoms with Gasteiger partial charge in [0.15, 0.2) is 0 Å². The number of pyridine rings is 1. The number of ether oxygens (including phenoxy) is 1. The monoisotopic (exact) mass is 429 g/mol. The number of fused-ring (bicyclic) bond motifs is 1. The van der Waals surface area contributed by atoms with Crippen LogP contribution < -0.4 is 9.64 Å². The maximum atomic E-state index is 11.8. The SMILES string of the molecule is CS(=O)(=O)N1CCc2cc(OCCCC3CCN(c4ccccn4)CC3)ccc2C1. The van der Waals surface area contributed by atoms with E-state index in [9.17, 15) is 8.42 Å². The Bertz CT molecular complexity index is 941. The van der Waals surface area contributed by atoms with Gasteiger partial charge in [-0.3, -0.25) is 0 Å². The molecule has 0 atom stereocenters. The van der Waals surface area contributed by atoms with Crippen LogP contribution >= 0.6 is 0 Å². The van der Waals surface area contributed by atoms with Crippen LogP contribution in [-0.2, 0) is 23.0 Å². The van der Waals surface area contributed by atoms with Crippen molar-refractivity contribution in [1.29, 1.82) is 0 Å². The molecule has 1 aromatic carbocycles. The number of hydrogen-bond acceptors (Lipinski definition) is 5. The van der Waals surface area contributed by atoms with E-state index in [0.29, 0.717) is 13.1 Å². The Kier molecular flexibility index (Phi) is 6.58. The van der Waals surface area contributed by atoms with Crippen molar-refractivity contribution in [3.8, 4) is 5.75 Å². The number of piperidine rings is 1. The molecule has 30 heavy (non-hydrogen) atoms. The average molecular weight is 430 g/mol. The van der Waals surface area contributed by atoms with Crippen LogP contribution in [0.2, 0.25) is 0 Å². The van der Waals surface area contributed by atoms with Gasteiger partial charge in [-0.25, -0.2) is 13.4 Å². The predicted octanol–water partition coefficient (Wildman–Crippen LogP) is 3.47. The Morgan fingerprint density at radius 1 is 1.10 bits per heavy atom. The van der Waals surface area contributed by atoms with Crippen LogP contribution in [0.1, 0.15) is 36.8 Å². The van der Waals surface area contributed by atoms with Crippen LogP contribution in [-0.4, -0.2) is 50.2 Å². The summed E-state index contributed by atoms with van der Waals surface area (Å²) >= 11 is 0. The molecule has 7 heteroatoms. The molecule has 162 valence electrons. The Morgan fingerprint density at radius 2 is 1.93 bits per heavy atom. The number of sulfonamides is 1. The van der Waals surface area contributed by atoms with Crippen LogP contribution in [0, 0.1) is 5.92 Å². The lowest BCUT2D eigenvalue weighted by Crippen LogP contribution is -2.35. The number of nitrogens with zero attached hydrogens (tertiary/aromatic N) is 3. The van der Waals surface area contributed by atoms with E-state index in [1.54, 1.807) is 0 Å². The maximum Gasteiger partial charge on any atom is 0.211 e. The van der Waals surface area contributed by atoms with Crippen molar-refractivity contribution in [1.82, 2.24) is 9.29 Å². The van der Waals surface area contributed by atoms with Crippen molar-refractivity contribution < 1.29 is 13.2 Å². The van der Waals surface area contributed by atoms with E-state index in [4.69, 9.17) is 4.74 Å². The third-order valence-corrected chi connectivity index (χ3v) is 7.49. The number of aromatic nitrogens is 1. The number of hydrogen-bond donors (Lipinski definition) is 0. The summed E-state index contributed by atoms with van der Waals surface area (Å²) in [4.78, 5) is 6.84. The predicted molar refractivity (Wildman–Crippen MR) is 119 cm³/mol. The second-order valence-corrected chi connectivity index (χ2v) is 10.4. The van der Waals surface area contributed by atoms with E-state index in [-0.39, 0.29) is 0 Å². The highest BCUT2D eigenvalue weighted by molar-refractivity contribution is 7.88. The molecule has 0 spiro atoms. The zero-order valence-electron chi connectivity index (χ0n) is 17.7. The van der Waals surface area contributed by atoms with Crippen LogP contribution in [0.4, 0.5) is 5.82 Å². The molecule has 0 amide bonds. The number of anilines is 1. The zero-order valence-corrected chi connectivity index (χ0v) is 18.5. The van der Waals surface area contributed by atoms with Gasteiger partial charge in [-0.05, 0) is 73.4 Å². The number of benzene rings is 1. The summed E-state index contributed by atoms with van der Waals surface area (Å²) in [5.41, 5.74) is 2.29. The van der Waals surface area contributed by atoms with E-state index < -0.39 is 10.0 Å². The van der Waals surface area contributed by atoms with E-state index in [2.05, 4.69) is 22.0 Å². The van der Waals surface area contributed by atoms with Gasteiger partial charge in [0.25, 0.3) is 0 Å². The molecule has 0 bridgehead atoms. The van der Waals surface area contributed by atoms with Gasteiger partial charge in [0.1, 0.15) is 11.6 Å². The molecular weight excluding hydrogens is 398 g/mol. The van der Waals surface area contributed by atoms with Crippen molar-refractivity contribution in [3.63, 3.8) is 0 Å². The minimum absolute atomic E-state index is 0.464. The number of rotatable bonds is 7. The second-order valence-electron chi connectivity index (χ2n) is 8.39. The third kappa shape index (κ3) is 5.32. The summed E-state index contributed by atoms with van der Waals surface area (Å²) < 4.78 is 31.0. The fourth-order valence-electron chi connectivity index (χ4n) is 4.43. The van der Waals surface area contributed by atoms with Gasteiger partial charge in [-0.2, -0.15) is 4.31 Å². The summed E-state index contributed by atoms with van der Waals surface area (Å²) in [7, 11) is -3.13. The smallest absolute Gasteiger partial charge is 0.211 e. The first-order chi connectivity index (χ1) is 14.5. The second kappa shape index (κ2) is 9.35. The highest BCUT2D eigenvalue weighted by Gasteiger charge is 2.23. The van der Waals surface area contributed by atoms with Gasteiger partial charge in [-0.1, -0.05) is 12.1 Å². The standard InChI is InChI=1S/C23H31N3O3S/c1-30(27,28)26-15-11-20-17-22(8-7-21(20)18-26)29-16-4-5-19-9-13-25(14-10-19)23-6-2-3-12-24-23/h2-3,6-8,12,17,19H,4-5,9-11,13-16,18H2,1H3. The van der Waals surface area contributed by atoms with Gasteiger partial charge in [0.05, 0.1) is 12.9 Å². The van der Waals surface area contributed by atoms with Crippen molar-refractivity contribution in [2.45, 2.75) is 38.6 Å². The zero-order chi connectivity index (χ0) is 21.0. The van der Waals surface area contributed by atoms with Crippen LogP contribution in [0.3, 0.4) is 0 Å². The Morgan fingerprint density at radius 3 is 2.67 bits per heavy atom. The van der Waals surface area contributed by atoms with E-state index >= 15 is 0 Å². The molecule has 0 N–H and O–H groups in total. The first-order valence-corrected chi connectivity index (χ1v) is 12.7. The largest absolute Gasteiger partial charge is 0.494 e. The van der Waals surface area contributed by atoms with Crippen LogP contribution in [0.25, 0.3) is 0 Å². The molecule has 0 radical (unpaired) electrons. The highest BCUT2D eigenvalue weighted by Crippen LogP contribution is 2.27. The quantitative estimate of drug-likeness (QED) is 0.631. The molecular formula is C23H31N3O3S. The van der Waals surface area contributed by atoms with Gasteiger partial charge in [0.2, 0.25) is 10.0 Å². The molecule has 0 aliphatic carbocycles. The molecule has 1 aromatic heterocycles. The molecule has 2 aromatic rings. The molecule has 0 unspecified atom stereocenters. The lowest BCUT2D eigenvalue weighted by atomic mass is 9.92. The van der Waals surface area contributed by atoms with Crippen LogP contribution in [0.15, 0.2) is 42.6 Å². The summed E-state index contributed by atoms with van der Waals surface area (Å²) in [6, 6.07) is 12.2. The molecule has 2 aliphatic rings. The topological polar surface area (TPSA) is 62.7 Å². The maximum absolute atomic E-state index is 11.8. The fourth-order valence-corrected chi connectivity index (χ4v) is 5.23. The van der Waals surface area contributed by atoms with Crippen molar-refractivity contribution in [3.05, 3.63) is 53.7 Å². The van der Waals surface area contributed by atoms with Gasteiger partial charge >= 0.3 is 0 Å². The normalized spacial score (nSPS) is 18.2. The first kappa shape index (κ1) is 21.1. The van der Waals surface area contributed by atoms with Gasteiger partial charge in [0, 0.05) is 32.4 Å². The molecule has 0 saturated carbocycles. The molecule has 4 rings (SSSR count). The summed E-state index contributed by atoms with van der Waals surface area (Å²) in [5.74, 6) is 2.75. The lowest BCUT2D eigenvalue weighted by Gasteiger charge is -2.32. The van der Waals surface area contributed by atoms with Crippen molar-refractivity contribution in [2.24, 2.45) is 5.92 Å². The lowest BCUT2D eigenvalue weighted by molar-refractivity contribution is 0.278. The van der Waals surface area contributed by atoms with E-state index in [1.165, 1.54) is 35.4 Å². The van der Waals surface area contributed by atoms with E-state index in [1.807, 2.05) is 30.5 Å². The Labute approximate surface area is 179 Å². The minimum atomic E-state index is -3.13. The average Bonchev–Trinajstić information content (AvgIpc) is 2.77. The molecule has 1 saturated heterocycles. The summed E-state index contributed by atoms with van der Waals surface area (Å²) in [6.45, 7) is 3.91.